The number of H-pyrrole nitrogens is 1. The summed E-state index contributed by atoms with van der Waals surface area (Å²) in [5.74, 6) is 0.432. The minimum absolute atomic E-state index is 0.0116. The standard InChI is InChI=1S/C19H18F3N3O2S/c1-2-9-28(26,27)25-16-8-4-6-14(11-16)18-23-12-17(24-18)13-5-3-7-15(10-13)19(20,21)22/h3-8,10-12,25H,2,9H2,1H3,(H,23,24). The molecule has 0 aliphatic heterocycles. The number of anilines is 1. The lowest BCUT2D eigenvalue weighted by molar-refractivity contribution is -0.137. The van der Waals surface area contributed by atoms with E-state index in [9.17, 15) is 21.6 Å². The maximum Gasteiger partial charge on any atom is 0.416 e. The van der Waals surface area contributed by atoms with E-state index in [-0.39, 0.29) is 5.75 Å². The van der Waals surface area contributed by atoms with Gasteiger partial charge in [0.2, 0.25) is 10.0 Å². The van der Waals surface area contributed by atoms with Gasteiger partial charge in [-0.2, -0.15) is 13.2 Å². The van der Waals surface area contributed by atoms with E-state index >= 15 is 0 Å². The average Bonchev–Trinajstić information content (AvgIpc) is 3.11. The molecule has 0 amide bonds. The maximum atomic E-state index is 12.9. The molecule has 0 atom stereocenters. The zero-order chi connectivity index (χ0) is 20.4. The summed E-state index contributed by atoms with van der Waals surface area (Å²) in [5, 5.41) is 0. The first-order chi connectivity index (χ1) is 13.2. The summed E-state index contributed by atoms with van der Waals surface area (Å²) in [4.78, 5) is 7.20. The molecule has 1 heterocycles. The van der Waals surface area contributed by atoms with Crippen LogP contribution in [0.5, 0.6) is 0 Å². The van der Waals surface area contributed by atoms with Crippen LogP contribution in [0.15, 0.2) is 54.7 Å². The van der Waals surface area contributed by atoms with Crippen molar-refractivity contribution in [3.05, 3.63) is 60.3 Å². The SMILES string of the molecule is CCCS(=O)(=O)Nc1cccc(-c2ncc(-c3cccc(C(F)(F)F)c3)[nH]2)c1. The van der Waals surface area contributed by atoms with Crippen LogP contribution in [0.4, 0.5) is 18.9 Å². The van der Waals surface area contributed by atoms with Crippen molar-refractivity contribution in [1.29, 1.82) is 0 Å². The van der Waals surface area contributed by atoms with Crippen LogP contribution in [0, 0.1) is 0 Å². The smallest absolute Gasteiger partial charge is 0.338 e. The fourth-order valence-corrected chi connectivity index (χ4v) is 3.83. The molecule has 3 aromatic rings. The summed E-state index contributed by atoms with van der Waals surface area (Å²) < 4.78 is 65.1. The predicted octanol–water partition coefficient (Wildman–Crippen LogP) is 4.91. The van der Waals surface area contributed by atoms with Gasteiger partial charge in [0.15, 0.2) is 0 Å². The van der Waals surface area contributed by atoms with E-state index in [2.05, 4.69) is 14.7 Å². The molecular weight excluding hydrogens is 391 g/mol. The number of hydrogen-bond donors (Lipinski definition) is 2. The molecule has 0 saturated carbocycles. The van der Waals surface area contributed by atoms with Gasteiger partial charge in [-0.1, -0.05) is 31.2 Å². The number of nitrogens with one attached hydrogen (secondary N) is 2. The molecule has 0 bridgehead atoms. The van der Waals surface area contributed by atoms with Crippen LogP contribution in [-0.2, 0) is 16.2 Å². The summed E-state index contributed by atoms with van der Waals surface area (Å²) in [6, 6.07) is 11.6. The summed E-state index contributed by atoms with van der Waals surface area (Å²) in [6.45, 7) is 1.77. The van der Waals surface area contributed by atoms with Crippen LogP contribution < -0.4 is 4.72 Å². The number of sulfonamides is 1. The Hall–Kier alpha value is -2.81. The maximum absolute atomic E-state index is 12.9. The van der Waals surface area contributed by atoms with Gasteiger partial charge in [0.05, 0.1) is 23.2 Å². The third-order valence-corrected chi connectivity index (χ3v) is 5.45. The molecule has 1 aromatic heterocycles. The molecule has 28 heavy (non-hydrogen) atoms. The van der Waals surface area contributed by atoms with Gasteiger partial charge in [-0.25, -0.2) is 13.4 Å². The highest BCUT2D eigenvalue weighted by atomic mass is 32.2. The zero-order valence-electron chi connectivity index (χ0n) is 14.9. The Labute approximate surface area is 160 Å². The largest absolute Gasteiger partial charge is 0.416 e. The molecule has 0 unspecified atom stereocenters. The van der Waals surface area contributed by atoms with Gasteiger partial charge >= 0.3 is 6.18 Å². The van der Waals surface area contributed by atoms with E-state index in [4.69, 9.17) is 0 Å². The molecule has 0 aliphatic carbocycles. The molecule has 0 radical (unpaired) electrons. The number of nitrogens with zero attached hydrogens (tertiary/aromatic N) is 1. The lowest BCUT2D eigenvalue weighted by Gasteiger charge is -2.08. The molecular formula is C19H18F3N3O2S. The Kier molecular flexibility index (Phi) is 5.46. The monoisotopic (exact) mass is 409 g/mol. The molecule has 0 aliphatic rings. The van der Waals surface area contributed by atoms with Crippen molar-refractivity contribution in [1.82, 2.24) is 9.97 Å². The number of halogens is 3. The third-order valence-electron chi connectivity index (χ3n) is 3.96. The average molecular weight is 409 g/mol. The first-order valence-corrected chi connectivity index (χ1v) is 10.2. The quantitative estimate of drug-likeness (QED) is 0.607. The number of imidazole rings is 1. The van der Waals surface area contributed by atoms with E-state index in [1.807, 2.05) is 0 Å². The van der Waals surface area contributed by atoms with E-state index < -0.39 is 21.8 Å². The summed E-state index contributed by atoms with van der Waals surface area (Å²) in [6.07, 6.45) is -2.49. The van der Waals surface area contributed by atoms with E-state index in [1.54, 1.807) is 37.3 Å². The lowest BCUT2D eigenvalue weighted by Crippen LogP contribution is -2.16. The number of benzene rings is 2. The van der Waals surface area contributed by atoms with Gasteiger partial charge in [0, 0.05) is 16.8 Å². The van der Waals surface area contributed by atoms with E-state index in [0.29, 0.717) is 34.8 Å². The van der Waals surface area contributed by atoms with Crippen LogP contribution >= 0.6 is 0 Å². The molecule has 0 saturated heterocycles. The first-order valence-electron chi connectivity index (χ1n) is 8.51. The summed E-state index contributed by atoms with van der Waals surface area (Å²) >= 11 is 0. The first kappa shape index (κ1) is 19.9. The molecule has 148 valence electrons. The van der Waals surface area contributed by atoms with Crippen molar-refractivity contribution in [2.24, 2.45) is 0 Å². The third kappa shape index (κ3) is 4.72. The number of hydrogen-bond acceptors (Lipinski definition) is 3. The fraction of sp³-hybridized carbons (Fsp3) is 0.211. The predicted molar refractivity (Wildman–Crippen MR) is 102 cm³/mol. The lowest BCUT2D eigenvalue weighted by atomic mass is 10.1. The highest BCUT2D eigenvalue weighted by Gasteiger charge is 2.30. The molecule has 0 spiro atoms. The van der Waals surface area contributed by atoms with Crippen molar-refractivity contribution in [3.63, 3.8) is 0 Å². The minimum atomic E-state index is -4.43. The van der Waals surface area contributed by atoms with Gasteiger partial charge < -0.3 is 4.98 Å². The molecule has 0 fully saturated rings. The van der Waals surface area contributed by atoms with Crippen molar-refractivity contribution >= 4 is 15.7 Å². The highest BCUT2D eigenvalue weighted by molar-refractivity contribution is 7.92. The molecule has 9 heteroatoms. The second-order valence-electron chi connectivity index (χ2n) is 6.23. The Bertz CT molecular complexity index is 1080. The van der Waals surface area contributed by atoms with Crippen molar-refractivity contribution in [2.75, 3.05) is 10.5 Å². The Morgan fingerprint density at radius 3 is 2.50 bits per heavy atom. The van der Waals surface area contributed by atoms with Crippen molar-refractivity contribution in [3.8, 4) is 22.6 Å². The van der Waals surface area contributed by atoms with Crippen LogP contribution in [0.2, 0.25) is 0 Å². The van der Waals surface area contributed by atoms with Crippen LogP contribution in [0.1, 0.15) is 18.9 Å². The summed E-state index contributed by atoms with van der Waals surface area (Å²) in [5.41, 5.74) is 1.04. The number of alkyl halides is 3. The van der Waals surface area contributed by atoms with Crippen molar-refractivity contribution in [2.45, 2.75) is 19.5 Å². The van der Waals surface area contributed by atoms with E-state index in [0.717, 1.165) is 12.1 Å². The second-order valence-corrected chi connectivity index (χ2v) is 8.07. The molecule has 3 rings (SSSR count). The fourth-order valence-electron chi connectivity index (χ4n) is 2.71. The van der Waals surface area contributed by atoms with Crippen molar-refractivity contribution < 1.29 is 21.6 Å². The molecule has 2 aromatic carbocycles. The highest BCUT2D eigenvalue weighted by Crippen LogP contribution is 2.32. The topological polar surface area (TPSA) is 74.8 Å². The van der Waals surface area contributed by atoms with Crippen LogP contribution in [-0.4, -0.2) is 24.1 Å². The minimum Gasteiger partial charge on any atom is -0.338 e. The Morgan fingerprint density at radius 1 is 1.07 bits per heavy atom. The van der Waals surface area contributed by atoms with Gasteiger partial charge in [0.1, 0.15) is 5.82 Å². The Morgan fingerprint density at radius 2 is 1.79 bits per heavy atom. The zero-order valence-corrected chi connectivity index (χ0v) is 15.7. The van der Waals surface area contributed by atoms with Gasteiger partial charge in [-0.15, -0.1) is 0 Å². The van der Waals surface area contributed by atoms with Crippen LogP contribution in [0.3, 0.4) is 0 Å². The molecule has 5 nitrogen and oxygen atoms in total. The van der Waals surface area contributed by atoms with E-state index in [1.165, 1.54) is 12.3 Å². The van der Waals surface area contributed by atoms with Crippen LogP contribution in [0.25, 0.3) is 22.6 Å². The van der Waals surface area contributed by atoms with Gasteiger partial charge in [-0.05, 0) is 30.7 Å². The van der Waals surface area contributed by atoms with Gasteiger partial charge in [0.25, 0.3) is 0 Å². The molecule has 2 N–H and O–H groups in total. The Balaban J connectivity index is 1.88. The number of aromatic nitrogens is 2. The van der Waals surface area contributed by atoms with Gasteiger partial charge in [-0.3, -0.25) is 4.72 Å². The normalized spacial score (nSPS) is 12.1. The summed E-state index contributed by atoms with van der Waals surface area (Å²) in [7, 11) is -3.43. The number of aromatic amines is 1. The number of rotatable bonds is 6. The second kappa shape index (κ2) is 7.67.